The predicted octanol–water partition coefficient (Wildman–Crippen LogP) is 1.32. The Kier molecular flexibility index (Phi) is 3.35. The van der Waals surface area contributed by atoms with Crippen LogP contribution in [0.5, 0.6) is 0 Å². The molecule has 1 aliphatic rings. The van der Waals surface area contributed by atoms with Gasteiger partial charge < -0.3 is 5.11 Å². The monoisotopic (exact) mass is 303 g/mol. The number of hydrogen-bond acceptors (Lipinski definition) is 4. The second kappa shape index (κ2) is 5.08. The number of nitrogens with zero attached hydrogens (tertiary/aromatic N) is 2. The van der Waals surface area contributed by atoms with E-state index in [1.165, 1.54) is 10.6 Å². The van der Waals surface area contributed by atoms with Crippen LogP contribution in [0.15, 0.2) is 15.7 Å². The molecule has 0 spiro atoms. The van der Waals surface area contributed by atoms with Gasteiger partial charge >= 0.3 is 11.7 Å². The summed E-state index contributed by atoms with van der Waals surface area (Å²) >= 11 is 0. The first-order valence-corrected chi connectivity index (χ1v) is 7.29. The molecule has 2 aromatic rings. The summed E-state index contributed by atoms with van der Waals surface area (Å²) in [4.78, 5) is 42.3. The summed E-state index contributed by atoms with van der Waals surface area (Å²) in [5.41, 5.74) is -0.530. The first-order chi connectivity index (χ1) is 10.4. The summed E-state index contributed by atoms with van der Waals surface area (Å²) in [6.45, 7) is 4.24. The van der Waals surface area contributed by atoms with Crippen molar-refractivity contribution in [3.05, 3.63) is 38.2 Å². The Bertz CT molecular complexity index is 875. The van der Waals surface area contributed by atoms with Crippen LogP contribution in [0.2, 0.25) is 0 Å². The molecular formula is C15H17N3O4. The Hall–Kier alpha value is -2.44. The van der Waals surface area contributed by atoms with E-state index in [-0.39, 0.29) is 28.4 Å². The van der Waals surface area contributed by atoms with Crippen molar-refractivity contribution < 1.29 is 9.90 Å². The topological polar surface area (TPSA) is 105 Å². The van der Waals surface area contributed by atoms with Crippen molar-refractivity contribution >= 4 is 17.0 Å². The van der Waals surface area contributed by atoms with Gasteiger partial charge in [-0.1, -0.05) is 13.8 Å². The van der Waals surface area contributed by atoms with Crippen LogP contribution in [-0.4, -0.2) is 25.6 Å². The van der Waals surface area contributed by atoms with Crippen molar-refractivity contribution in [3.63, 3.8) is 0 Å². The van der Waals surface area contributed by atoms with Crippen molar-refractivity contribution in [1.82, 2.24) is 14.5 Å². The standard InChI is InChI=1S/C15H17N3O4/c1-7(2)6-18-12-11(13(19)17-15(18)22)9(14(20)21)5-10(16-12)8-3-4-8/h5,7-8H,3-4,6H2,1-2H3,(H,20,21)(H,17,19,22). The van der Waals surface area contributed by atoms with Crippen LogP contribution < -0.4 is 11.2 Å². The number of rotatable bonds is 4. The number of carboxylic acids is 1. The first-order valence-electron chi connectivity index (χ1n) is 7.29. The molecule has 22 heavy (non-hydrogen) atoms. The number of carboxylic acid groups (broad SMARTS) is 1. The third-order valence-corrected chi connectivity index (χ3v) is 3.74. The van der Waals surface area contributed by atoms with Gasteiger partial charge in [0.25, 0.3) is 5.56 Å². The highest BCUT2D eigenvalue weighted by atomic mass is 16.4. The maximum atomic E-state index is 12.1. The van der Waals surface area contributed by atoms with Crippen LogP contribution in [-0.2, 0) is 6.54 Å². The van der Waals surface area contributed by atoms with Gasteiger partial charge in [-0.15, -0.1) is 0 Å². The highest BCUT2D eigenvalue weighted by Crippen LogP contribution is 2.39. The van der Waals surface area contributed by atoms with E-state index >= 15 is 0 Å². The average Bonchev–Trinajstić information content (AvgIpc) is 3.26. The second-order valence-electron chi connectivity index (χ2n) is 6.14. The van der Waals surface area contributed by atoms with E-state index < -0.39 is 17.2 Å². The fourth-order valence-corrected chi connectivity index (χ4v) is 2.58. The Labute approximate surface area is 125 Å². The Morgan fingerprint density at radius 1 is 1.45 bits per heavy atom. The fourth-order valence-electron chi connectivity index (χ4n) is 2.58. The predicted molar refractivity (Wildman–Crippen MR) is 80.4 cm³/mol. The minimum atomic E-state index is -1.19. The lowest BCUT2D eigenvalue weighted by molar-refractivity contribution is 0.0698. The quantitative estimate of drug-likeness (QED) is 0.886. The lowest BCUT2D eigenvalue weighted by atomic mass is 10.1. The molecule has 0 aliphatic heterocycles. The molecule has 2 N–H and O–H groups in total. The maximum absolute atomic E-state index is 12.1. The summed E-state index contributed by atoms with van der Waals surface area (Å²) in [6.07, 6.45) is 1.91. The summed E-state index contributed by atoms with van der Waals surface area (Å²) in [5, 5.41) is 9.38. The molecule has 2 heterocycles. The summed E-state index contributed by atoms with van der Waals surface area (Å²) in [5.74, 6) is -0.801. The first kappa shape index (κ1) is 14.5. The van der Waals surface area contributed by atoms with Gasteiger partial charge in [-0.3, -0.25) is 14.3 Å². The highest BCUT2D eigenvalue weighted by Gasteiger charge is 2.28. The van der Waals surface area contributed by atoms with Gasteiger partial charge in [0.05, 0.1) is 10.9 Å². The Morgan fingerprint density at radius 2 is 2.14 bits per heavy atom. The number of carbonyl (C=O) groups is 1. The number of H-pyrrole nitrogens is 1. The van der Waals surface area contributed by atoms with Gasteiger partial charge in [0.1, 0.15) is 0 Å². The van der Waals surface area contributed by atoms with E-state index in [1.807, 2.05) is 13.8 Å². The van der Waals surface area contributed by atoms with Gasteiger partial charge in [-0.2, -0.15) is 0 Å². The highest BCUT2D eigenvalue weighted by molar-refractivity contribution is 6.01. The van der Waals surface area contributed by atoms with Crippen LogP contribution in [0.4, 0.5) is 0 Å². The molecule has 1 saturated carbocycles. The molecular weight excluding hydrogens is 286 g/mol. The molecule has 3 rings (SSSR count). The average molecular weight is 303 g/mol. The molecule has 0 aromatic carbocycles. The molecule has 0 radical (unpaired) electrons. The van der Waals surface area contributed by atoms with Gasteiger partial charge in [0.15, 0.2) is 5.65 Å². The zero-order valence-corrected chi connectivity index (χ0v) is 12.4. The zero-order chi connectivity index (χ0) is 16.0. The van der Waals surface area contributed by atoms with E-state index in [1.54, 1.807) is 0 Å². The van der Waals surface area contributed by atoms with Crippen LogP contribution in [0, 0.1) is 5.92 Å². The van der Waals surface area contributed by atoms with Gasteiger partial charge in [0.2, 0.25) is 0 Å². The minimum absolute atomic E-state index is 0.0304. The van der Waals surface area contributed by atoms with Crippen LogP contribution in [0.1, 0.15) is 48.7 Å². The molecule has 0 amide bonds. The van der Waals surface area contributed by atoms with Crippen LogP contribution in [0.3, 0.4) is 0 Å². The summed E-state index contributed by atoms with van der Waals surface area (Å²) in [7, 11) is 0. The van der Waals surface area contributed by atoms with E-state index in [4.69, 9.17) is 0 Å². The van der Waals surface area contributed by atoms with Crippen LogP contribution in [0.25, 0.3) is 11.0 Å². The summed E-state index contributed by atoms with van der Waals surface area (Å²) in [6, 6.07) is 1.46. The van der Waals surface area contributed by atoms with E-state index in [0.29, 0.717) is 12.2 Å². The van der Waals surface area contributed by atoms with Crippen molar-refractivity contribution in [2.75, 3.05) is 0 Å². The van der Waals surface area contributed by atoms with E-state index in [9.17, 15) is 19.5 Å². The third-order valence-electron chi connectivity index (χ3n) is 3.74. The van der Waals surface area contributed by atoms with Crippen molar-refractivity contribution in [1.29, 1.82) is 0 Å². The lowest BCUT2D eigenvalue weighted by Gasteiger charge is -2.13. The number of aromatic carboxylic acids is 1. The molecule has 0 saturated heterocycles. The molecule has 1 aliphatic carbocycles. The molecule has 116 valence electrons. The number of fused-ring (bicyclic) bond motifs is 1. The van der Waals surface area contributed by atoms with Gasteiger partial charge in [-0.25, -0.2) is 14.6 Å². The maximum Gasteiger partial charge on any atom is 0.336 e. The minimum Gasteiger partial charge on any atom is -0.478 e. The molecule has 7 nitrogen and oxygen atoms in total. The molecule has 0 unspecified atom stereocenters. The normalized spacial score (nSPS) is 14.7. The smallest absolute Gasteiger partial charge is 0.336 e. The SMILES string of the molecule is CC(C)Cn1c(=O)[nH]c(=O)c2c(C(=O)O)cc(C3CC3)nc21. The number of aromatic amines is 1. The van der Waals surface area contributed by atoms with Crippen molar-refractivity contribution in [2.24, 2.45) is 5.92 Å². The largest absolute Gasteiger partial charge is 0.478 e. The third kappa shape index (κ3) is 2.43. The summed E-state index contributed by atoms with van der Waals surface area (Å²) < 4.78 is 1.36. The number of pyridine rings is 1. The number of aromatic nitrogens is 3. The van der Waals surface area contributed by atoms with Gasteiger partial charge in [-0.05, 0) is 24.8 Å². The van der Waals surface area contributed by atoms with Crippen LogP contribution >= 0.6 is 0 Å². The van der Waals surface area contributed by atoms with Crippen molar-refractivity contribution in [2.45, 2.75) is 39.2 Å². The number of nitrogens with one attached hydrogen (secondary N) is 1. The van der Waals surface area contributed by atoms with Gasteiger partial charge in [0, 0.05) is 18.2 Å². The van der Waals surface area contributed by atoms with E-state index in [0.717, 1.165) is 12.8 Å². The molecule has 2 aromatic heterocycles. The fraction of sp³-hybridized carbons (Fsp3) is 0.467. The molecule has 7 heteroatoms. The van der Waals surface area contributed by atoms with Crippen molar-refractivity contribution in [3.8, 4) is 0 Å². The zero-order valence-electron chi connectivity index (χ0n) is 12.4. The molecule has 0 atom stereocenters. The van der Waals surface area contributed by atoms with E-state index in [2.05, 4.69) is 9.97 Å². The molecule has 1 fully saturated rings. The Morgan fingerprint density at radius 3 is 2.68 bits per heavy atom. The Balaban J connectivity index is 2.42. The second-order valence-corrected chi connectivity index (χ2v) is 6.14. The molecule has 0 bridgehead atoms. The lowest BCUT2D eigenvalue weighted by Crippen LogP contribution is -2.33. The number of hydrogen-bond donors (Lipinski definition) is 2.